The maximum atomic E-state index is 12.4. The van der Waals surface area contributed by atoms with Gasteiger partial charge in [0.1, 0.15) is 0 Å². The lowest BCUT2D eigenvalue weighted by molar-refractivity contribution is 0.102. The molecular formula is C21H29N3O. The Morgan fingerprint density at radius 3 is 2.00 bits per heavy atom. The van der Waals surface area contributed by atoms with E-state index in [1.807, 2.05) is 62.6 Å². The summed E-state index contributed by atoms with van der Waals surface area (Å²) in [5.74, 6) is -0.0891. The molecule has 2 N–H and O–H groups in total. The van der Waals surface area contributed by atoms with Gasteiger partial charge >= 0.3 is 0 Å². The number of anilines is 2. The molecule has 0 saturated heterocycles. The fraction of sp³-hybridized carbons (Fsp3) is 0.381. The normalized spacial score (nSPS) is 11.4. The van der Waals surface area contributed by atoms with Crippen LogP contribution in [0.15, 0.2) is 48.5 Å². The fourth-order valence-corrected chi connectivity index (χ4v) is 2.42. The number of carbonyl (C=O) groups is 1. The van der Waals surface area contributed by atoms with Crippen molar-refractivity contribution in [1.29, 1.82) is 0 Å². The summed E-state index contributed by atoms with van der Waals surface area (Å²) in [4.78, 5) is 14.5. The SMILES string of the molecule is CN(C)CCNc1ccc(NC(=O)c2ccc(C(C)(C)C)cc2)cc1. The second-order valence-corrected chi connectivity index (χ2v) is 7.59. The maximum absolute atomic E-state index is 12.4. The van der Waals surface area contributed by atoms with E-state index in [9.17, 15) is 4.79 Å². The van der Waals surface area contributed by atoms with Crippen molar-refractivity contribution in [3.8, 4) is 0 Å². The van der Waals surface area contributed by atoms with Gasteiger partial charge in [-0.15, -0.1) is 0 Å². The average molecular weight is 339 g/mol. The first-order chi connectivity index (χ1) is 11.8. The molecule has 0 spiro atoms. The second kappa shape index (κ2) is 8.17. The molecule has 0 saturated carbocycles. The maximum Gasteiger partial charge on any atom is 0.255 e. The van der Waals surface area contributed by atoms with Crippen LogP contribution in [0.25, 0.3) is 0 Å². The highest BCUT2D eigenvalue weighted by atomic mass is 16.1. The van der Waals surface area contributed by atoms with Crippen molar-refractivity contribution in [3.63, 3.8) is 0 Å². The summed E-state index contributed by atoms with van der Waals surface area (Å²) in [6.07, 6.45) is 0. The van der Waals surface area contributed by atoms with E-state index in [2.05, 4.69) is 36.3 Å². The molecule has 2 aromatic carbocycles. The molecule has 0 radical (unpaired) electrons. The molecule has 0 aliphatic heterocycles. The minimum atomic E-state index is -0.0891. The zero-order valence-corrected chi connectivity index (χ0v) is 15.9. The molecule has 1 amide bonds. The van der Waals surface area contributed by atoms with Gasteiger partial charge in [0.25, 0.3) is 5.91 Å². The summed E-state index contributed by atoms with van der Waals surface area (Å²) in [7, 11) is 4.10. The van der Waals surface area contributed by atoms with Gasteiger partial charge in [-0.05, 0) is 61.5 Å². The molecule has 0 aliphatic carbocycles. The van der Waals surface area contributed by atoms with Crippen LogP contribution in [0, 0.1) is 0 Å². The minimum absolute atomic E-state index is 0.0877. The number of hydrogen-bond acceptors (Lipinski definition) is 3. The second-order valence-electron chi connectivity index (χ2n) is 7.59. The Bertz CT molecular complexity index is 683. The lowest BCUT2D eigenvalue weighted by atomic mass is 9.87. The number of rotatable bonds is 6. The summed E-state index contributed by atoms with van der Waals surface area (Å²) >= 11 is 0. The predicted octanol–water partition coefficient (Wildman–Crippen LogP) is 4.21. The highest BCUT2D eigenvalue weighted by Crippen LogP contribution is 2.22. The van der Waals surface area contributed by atoms with Crippen LogP contribution in [-0.2, 0) is 5.41 Å². The molecule has 0 bridgehead atoms. The molecular weight excluding hydrogens is 310 g/mol. The Balaban J connectivity index is 1.94. The molecule has 0 atom stereocenters. The van der Waals surface area contributed by atoms with E-state index in [-0.39, 0.29) is 11.3 Å². The third kappa shape index (κ3) is 5.91. The summed E-state index contributed by atoms with van der Waals surface area (Å²) in [5.41, 5.74) is 3.82. The third-order valence-corrected chi connectivity index (χ3v) is 4.04. The van der Waals surface area contributed by atoms with Crippen LogP contribution in [0.2, 0.25) is 0 Å². The summed E-state index contributed by atoms with van der Waals surface area (Å²) < 4.78 is 0. The van der Waals surface area contributed by atoms with E-state index in [0.29, 0.717) is 5.56 Å². The number of carbonyl (C=O) groups excluding carboxylic acids is 1. The van der Waals surface area contributed by atoms with E-state index >= 15 is 0 Å². The van der Waals surface area contributed by atoms with E-state index in [1.165, 1.54) is 5.56 Å². The van der Waals surface area contributed by atoms with Crippen molar-refractivity contribution in [3.05, 3.63) is 59.7 Å². The van der Waals surface area contributed by atoms with Crippen LogP contribution in [-0.4, -0.2) is 38.0 Å². The van der Waals surface area contributed by atoms with Gasteiger partial charge in [-0.3, -0.25) is 4.79 Å². The highest BCUT2D eigenvalue weighted by molar-refractivity contribution is 6.04. The van der Waals surface area contributed by atoms with Crippen LogP contribution in [0.5, 0.6) is 0 Å². The molecule has 25 heavy (non-hydrogen) atoms. The zero-order chi connectivity index (χ0) is 18.4. The summed E-state index contributed by atoms with van der Waals surface area (Å²) in [6, 6.07) is 15.6. The first-order valence-electron chi connectivity index (χ1n) is 8.66. The van der Waals surface area contributed by atoms with Gasteiger partial charge < -0.3 is 15.5 Å². The number of nitrogens with one attached hydrogen (secondary N) is 2. The Hall–Kier alpha value is -2.33. The van der Waals surface area contributed by atoms with Crippen molar-refractivity contribution in [2.75, 3.05) is 37.8 Å². The minimum Gasteiger partial charge on any atom is -0.384 e. The van der Waals surface area contributed by atoms with Gasteiger partial charge in [0.15, 0.2) is 0 Å². The molecule has 0 aliphatic rings. The van der Waals surface area contributed by atoms with Crippen molar-refractivity contribution >= 4 is 17.3 Å². The molecule has 134 valence electrons. The number of benzene rings is 2. The number of hydrogen-bond donors (Lipinski definition) is 2. The van der Waals surface area contributed by atoms with Gasteiger partial charge in [-0.25, -0.2) is 0 Å². The molecule has 0 fully saturated rings. The average Bonchev–Trinajstić information content (AvgIpc) is 2.55. The van der Waals surface area contributed by atoms with Gasteiger partial charge in [0, 0.05) is 30.0 Å². The lowest BCUT2D eigenvalue weighted by Crippen LogP contribution is -2.20. The summed E-state index contributed by atoms with van der Waals surface area (Å²) in [6.45, 7) is 8.35. The molecule has 0 unspecified atom stereocenters. The zero-order valence-electron chi connectivity index (χ0n) is 15.9. The van der Waals surface area contributed by atoms with Gasteiger partial charge in [0.05, 0.1) is 0 Å². The number of nitrogens with zero attached hydrogens (tertiary/aromatic N) is 1. The third-order valence-electron chi connectivity index (χ3n) is 4.04. The first kappa shape index (κ1) is 19.0. The van der Waals surface area contributed by atoms with E-state index in [1.54, 1.807) is 0 Å². The smallest absolute Gasteiger partial charge is 0.255 e. The Morgan fingerprint density at radius 2 is 1.48 bits per heavy atom. The predicted molar refractivity (Wildman–Crippen MR) is 107 cm³/mol. The Morgan fingerprint density at radius 1 is 0.920 bits per heavy atom. The van der Waals surface area contributed by atoms with Crippen molar-refractivity contribution < 1.29 is 4.79 Å². The van der Waals surface area contributed by atoms with Crippen molar-refractivity contribution in [2.24, 2.45) is 0 Å². The molecule has 0 aromatic heterocycles. The number of amides is 1. The largest absolute Gasteiger partial charge is 0.384 e. The Kier molecular flexibility index (Phi) is 6.21. The monoisotopic (exact) mass is 339 g/mol. The van der Waals surface area contributed by atoms with Crippen LogP contribution < -0.4 is 10.6 Å². The van der Waals surface area contributed by atoms with E-state index in [4.69, 9.17) is 0 Å². The van der Waals surface area contributed by atoms with Crippen LogP contribution in [0.1, 0.15) is 36.7 Å². The van der Waals surface area contributed by atoms with Gasteiger partial charge in [-0.1, -0.05) is 32.9 Å². The van der Waals surface area contributed by atoms with Gasteiger partial charge in [0.2, 0.25) is 0 Å². The fourth-order valence-electron chi connectivity index (χ4n) is 2.42. The lowest BCUT2D eigenvalue weighted by Gasteiger charge is -2.19. The topological polar surface area (TPSA) is 44.4 Å². The Labute approximate surface area is 151 Å². The molecule has 0 heterocycles. The molecule has 2 aromatic rings. The molecule has 4 nitrogen and oxygen atoms in total. The van der Waals surface area contributed by atoms with Gasteiger partial charge in [-0.2, -0.15) is 0 Å². The van der Waals surface area contributed by atoms with Crippen LogP contribution >= 0.6 is 0 Å². The number of likely N-dealkylation sites (N-methyl/N-ethyl adjacent to an activating group) is 1. The standard InChI is InChI=1S/C21H29N3O/c1-21(2,3)17-8-6-16(7-9-17)20(25)23-19-12-10-18(11-13-19)22-14-15-24(4)5/h6-13,22H,14-15H2,1-5H3,(H,23,25). The quantitative estimate of drug-likeness (QED) is 0.828. The first-order valence-corrected chi connectivity index (χ1v) is 8.66. The summed E-state index contributed by atoms with van der Waals surface area (Å²) in [5, 5.41) is 6.30. The van der Waals surface area contributed by atoms with Crippen molar-refractivity contribution in [1.82, 2.24) is 4.90 Å². The highest BCUT2D eigenvalue weighted by Gasteiger charge is 2.14. The van der Waals surface area contributed by atoms with E-state index in [0.717, 1.165) is 24.5 Å². The van der Waals surface area contributed by atoms with Crippen LogP contribution in [0.3, 0.4) is 0 Å². The van der Waals surface area contributed by atoms with Crippen molar-refractivity contribution in [2.45, 2.75) is 26.2 Å². The molecule has 2 rings (SSSR count). The van der Waals surface area contributed by atoms with E-state index < -0.39 is 0 Å². The molecule has 4 heteroatoms. The van der Waals surface area contributed by atoms with Crippen LogP contribution in [0.4, 0.5) is 11.4 Å².